The Morgan fingerprint density at radius 1 is 1.03 bits per heavy atom. The van der Waals surface area contributed by atoms with Gasteiger partial charge in [0.25, 0.3) is 5.91 Å². The number of hydrogen-bond acceptors (Lipinski definition) is 4. The van der Waals surface area contributed by atoms with Crippen molar-refractivity contribution in [1.29, 1.82) is 0 Å². The number of benzene rings is 2. The number of aryl methyl sites for hydroxylation is 1. The molecule has 29 heavy (non-hydrogen) atoms. The van der Waals surface area contributed by atoms with Crippen molar-refractivity contribution in [2.45, 2.75) is 13.5 Å². The lowest BCUT2D eigenvalue weighted by Crippen LogP contribution is -2.51. The first-order chi connectivity index (χ1) is 14.0. The van der Waals surface area contributed by atoms with Gasteiger partial charge in [0.1, 0.15) is 5.75 Å². The standard InChI is InChI=1S/C23H29N3O3/c1-18-7-4-5-8-20(18)16-24(2)22(27)17-25-11-13-26(14-12-25)23(28)19-9-6-10-21(15-19)29-3/h4-10,15H,11-14,16-17H2,1-3H3. The van der Waals surface area contributed by atoms with E-state index in [-0.39, 0.29) is 11.8 Å². The number of hydrogen-bond donors (Lipinski definition) is 0. The van der Waals surface area contributed by atoms with Gasteiger partial charge in [-0.1, -0.05) is 30.3 Å². The fraction of sp³-hybridized carbons (Fsp3) is 0.391. The average molecular weight is 396 g/mol. The summed E-state index contributed by atoms with van der Waals surface area (Å²) in [7, 11) is 3.44. The maximum absolute atomic E-state index is 12.7. The first kappa shape index (κ1) is 20.9. The van der Waals surface area contributed by atoms with Gasteiger partial charge in [-0.25, -0.2) is 0 Å². The Kier molecular flexibility index (Phi) is 6.88. The Balaban J connectivity index is 1.49. The molecule has 1 aliphatic heterocycles. The third kappa shape index (κ3) is 5.35. The first-order valence-corrected chi connectivity index (χ1v) is 9.92. The number of piperazine rings is 1. The lowest BCUT2D eigenvalue weighted by molar-refractivity contribution is -0.132. The number of carbonyl (C=O) groups is 2. The largest absolute Gasteiger partial charge is 0.497 e. The van der Waals surface area contributed by atoms with Crippen molar-refractivity contribution in [2.75, 3.05) is 46.9 Å². The summed E-state index contributed by atoms with van der Waals surface area (Å²) in [6.07, 6.45) is 0. The Bertz CT molecular complexity index is 860. The second kappa shape index (κ2) is 9.56. The molecule has 2 aromatic rings. The summed E-state index contributed by atoms with van der Waals surface area (Å²) in [4.78, 5) is 31.1. The molecule has 2 amide bonds. The molecule has 6 heteroatoms. The van der Waals surface area contributed by atoms with E-state index in [1.54, 1.807) is 24.1 Å². The van der Waals surface area contributed by atoms with E-state index >= 15 is 0 Å². The van der Waals surface area contributed by atoms with Gasteiger partial charge in [-0.2, -0.15) is 0 Å². The van der Waals surface area contributed by atoms with Gasteiger partial charge in [-0.15, -0.1) is 0 Å². The molecule has 0 bridgehead atoms. The highest BCUT2D eigenvalue weighted by Gasteiger charge is 2.24. The van der Waals surface area contributed by atoms with Crippen LogP contribution in [0, 0.1) is 6.92 Å². The SMILES string of the molecule is COc1cccc(C(=O)N2CCN(CC(=O)N(C)Cc3ccccc3C)CC2)c1. The van der Waals surface area contributed by atoms with E-state index in [0.29, 0.717) is 50.6 Å². The van der Waals surface area contributed by atoms with Crippen LogP contribution in [0.4, 0.5) is 0 Å². The summed E-state index contributed by atoms with van der Waals surface area (Å²) in [5, 5.41) is 0. The maximum Gasteiger partial charge on any atom is 0.254 e. The van der Waals surface area contributed by atoms with Crippen molar-refractivity contribution in [3.05, 3.63) is 65.2 Å². The normalized spacial score (nSPS) is 14.5. The summed E-state index contributed by atoms with van der Waals surface area (Å²) < 4.78 is 5.20. The third-order valence-electron chi connectivity index (χ3n) is 5.43. The van der Waals surface area contributed by atoms with Gasteiger partial charge in [0.05, 0.1) is 13.7 Å². The highest BCUT2D eigenvalue weighted by atomic mass is 16.5. The quantitative estimate of drug-likeness (QED) is 0.754. The molecule has 0 saturated carbocycles. The number of carbonyl (C=O) groups excluding carboxylic acids is 2. The first-order valence-electron chi connectivity index (χ1n) is 9.92. The van der Waals surface area contributed by atoms with Gasteiger partial charge < -0.3 is 14.5 Å². The van der Waals surface area contributed by atoms with Crippen LogP contribution in [0.1, 0.15) is 21.5 Å². The van der Waals surface area contributed by atoms with E-state index in [1.807, 2.05) is 36.2 Å². The van der Waals surface area contributed by atoms with E-state index in [4.69, 9.17) is 4.74 Å². The molecule has 154 valence electrons. The Morgan fingerprint density at radius 2 is 1.76 bits per heavy atom. The molecule has 0 spiro atoms. The van der Waals surface area contributed by atoms with E-state index in [9.17, 15) is 9.59 Å². The molecular formula is C23H29N3O3. The predicted octanol–water partition coefficient (Wildman–Crippen LogP) is 2.42. The maximum atomic E-state index is 12.7. The second-order valence-electron chi connectivity index (χ2n) is 7.48. The monoisotopic (exact) mass is 395 g/mol. The van der Waals surface area contributed by atoms with E-state index < -0.39 is 0 Å². The molecule has 1 heterocycles. The van der Waals surface area contributed by atoms with Crippen LogP contribution < -0.4 is 4.74 Å². The van der Waals surface area contributed by atoms with Crippen LogP contribution in [-0.4, -0.2) is 73.4 Å². The Labute approximate surface area is 172 Å². The van der Waals surface area contributed by atoms with Crippen molar-refractivity contribution in [2.24, 2.45) is 0 Å². The third-order valence-corrected chi connectivity index (χ3v) is 5.43. The number of likely N-dealkylation sites (N-methyl/N-ethyl adjacent to an activating group) is 1. The van der Waals surface area contributed by atoms with Crippen LogP contribution in [0.15, 0.2) is 48.5 Å². The fourth-order valence-electron chi connectivity index (χ4n) is 3.49. The molecule has 0 N–H and O–H groups in total. The molecule has 6 nitrogen and oxygen atoms in total. The van der Waals surface area contributed by atoms with E-state index in [0.717, 1.165) is 5.56 Å². The van der Waals surface area contributed by atoms with E-state index in [1.165, 1.54) is 5.56 Å². The molecule has 0 radical (unpaired) electrons. The lowest BCUT2D eigenvalue weighted by atomic mass is 10.1. The lowest BCUT2D eigenvalue weighted by Gasteiger charge is -2.35. The number of nitrogens with zero attached hydrogens (tertiary/aromatic N) is 3. The smallest absolute Gasteiger partial charge is 0.254 e. The number of methoxy groups -OCH3 is 1. The minimum Gasteiger partial charge on any atom is -0.497 e. The second-order valence-corrected chi connectivity index (χ2v) is 7.48. The molecular weight excluding hydrogens is 366 g/mol. The van der Waals surface area contributed by atoms with Crippen molar-refractivity contribution in [1.82, 2.24) is 14.7 Å². The Hall–Kier alpha value is -2.86. The molecule has 1 fully saturated rings. The number of ether oxygens (including phenoxy) is 1. The van der Waals surface area contributed by atoms with Crippen LogP contribution in [0.3, 0.4) is 0 Å². The molecule has 1 aliphatic rings. The molecule has 0 aromatic heterocycles. The number of amides is 2. The fourth-order valence-corrected chi connectivity index (χ4v) is 3.49. The summed E-state index contributed by atoms with van der Waals surface area (Å²) in [5.41, 5.74) is 2.99. The highest BCUT2D eigenvalue weighted by molar-refractivity contribution is 5.94. The molecule has 0 atom stereocenters. The molecule has 0 aliphatic carbocycles. The zero-order valence-corrected chi connectivity index (χ0v) is 17.4. The summed E-state index contributed by atoms with van der Waals surface area (Å²) in [6, 6.07) is 15.3. The topological polar surface area (TPSA) is 53.1 Å². The summed E-state index contributed by atoms with van der Waals surface area (Å²) in [6.45, 7) is 5.67. The summed E-state index contributed by atoms with van der Waals surface area (Å²) >= 11 is 0. The molecule has 0 unspecified atom stereocenters. The van der Waals surface area contributed by atoms with Gasteiger partial charge in [-0.3, -0.25) is 14.5 Å². The van der Waals surface area contributed by atoms with Gasteiger partial charge in [0.2, 0.25) is 5.91 Å². The van der Waals surface area contributed by atoms with Gasteiger partial charge >= 0.3 is 0 Å². The molecule has 3 rings (SSSR count). The van der Waals surface area contributed by atoms with Gasteiger partial charge in [0, 0.05) is 45.3 Å². The number of rotatable bonds is 6. The van der Waals surface area contributed by atoms with Crippen LogP contribution in [0.25, 0.3) is 0 Å². The molecule has 2 aromatic carbocycles. The van der Waals surface area contributed by atoms with Crippen LogP contribution in [0.5, 0.6) is 5.75 Å². The molecule has 1 saturated heterocycles. The predicted molar refractivity (Wildman–Crippen MR) is 113 cm³/mol. The van der Waals surface area contributed by atoms with Crippen LogP contribution >= 0.6 is 0 Å². The zero-order valence-electron chi connectivity index (χ0n) is 17.4. The minimum atomic E-state index is 0.00606. The average Bonchev–Trinajstić information content (AvgIpc) is 2.75. The highest BCUT2D eigenvalue weighted by Crippen LogP contribution is 2.16. The van der Waals surface area contributed by atoms with Gasteiger partial charge in [0.15, 0.2) is 0 Å². The van der Waals surface area contributed by atoms with Crippen LogP contribution in [-0.2, 0) is 11.3 Å². The van der Waals surface area contributed by atoms with Crippen LogP contribution in [0.2, 0.25) is 0 Å². The minimum absolute atomic E-state index is 0.00606. The van der Waals surface area contributed by atoms with Crippen molar-refractivity contribution < 1.29 is 14.3 Å². The van der Waals surface area contributed by atoms with Gasteiger partial charge in [-0.05, 0) is 36.2 Å². The Morgan fingerprint density at radius 3 is 2.45 bits per heavy atom. The summed E-state index contributed by atoms with van der Waals surface area (Å²) in [5.74, 6) is 0.782. The van der Waals surface area contributed by atoms with Crippen molar-refractivity contribution >= 4 is 11.8 Å². The zero-order chi connectivity index (χ0) is 20.8. The van der Waals surface area contributed by atoms with Crippen molar-refractivity contribution in [3.63, 3.8) is 0 Å². The van der Waals surface area contributed by atoms with Crippen molar-refractivity contribution in [3.8, 4) is 5.75 Å². The van der Waals surface area contributed by atoms with E-state index in [2.05, 4.69) is 24.0 Å².